The van der Waals surface area contributed by atoms with E-state index in [2.05, 4.69) is 4.74 Å². The number of rotatable bonds is 1. The van der Waals surface area contributed by atoms with Crippen molar-refractivity contribution in [3.8, 4) is 0 Å². The Morgan fingerprint density at radius 1 is 1.82 bits per heavy atom. The van der Waals surface area contributed by atoms with E-state index in [1.807, 2.05) is 0 Å². The van der Waals surface area contributed by atoms with Gasteiger partial charge in [0.25, 0.3) is 0 Å². The lowest BCUT2D eigenvalue weighted by molar-refractivity contribution is -0.137. The molecule has 11 heavy (non-hydrogen) atoms. The van der Waals surface area contributed by atoms with Crippen LogP contribution in [0.5, 0.6) is 0 Å². The molecule has 1 rings (SSSR count). The summed E-state index contributed by atoms with van der Waals surface area (Å²) in [4.78, 5) is 21.6. The van der Waals surface area contributed by atoms with Gasteiger partial charge < -0.3 is 9.84 Å². The van der Waals surface area contributed by atoms with E-state index < -0.39 is 12.1 Å². The first-order chi connectivity index (χ1) is 5.15. The van der Waals surface area contributed by atoms with Crippen LogP contribution in [0.15, 0.2) is 11.6 Å². The molecule has 0 aromatic rings. The maximum absolute atomic E-state index is 10.9. The molecule has 0 saturated carbocycles. The minimum Gasteiger partial charge on any atom is -0.465 e. The van der Waals surface area contributed by atoms with Crippen LogP contribution in [-0.2, 0) is 14.3 Å². The average molecular weight is 156 g/mol. The van der Waals surface area contributed by atoms with Gasteiger partial charge in [0.15, 0.2) is 5.78 Å². The molecule has 1 atom stereocenters. The van der Waals surface area contributed by atoms with E-state index in [1.165, 1.54) is 13.2 Å². The van der Waals surface area contributed by atoms with E-state index in [4.69, 9.17) is 5.11 Å². The zero-order valence-corrected chi connectivity index (χ0v) is 6.03. The smallest absolute Gasteiger partial charge is 0.341 e. The SMILES string of the molecule is COC(=O)C1=CC(O)CC1=O. The second-order valence-corrected chi connectivity index (χ2v) is 2.27. The van der Waals surface area contributed by atoms with Crippen LogP contribution in [-0.4, -0.2) is 30.1 Å². The molecule has 1 unspecified atom stereocenters. The van der Waals surface area contributed by atoms with Gasteiger partial charge in [-0.2, -0.15) is 0 Å². The fraction of sp³-hybridized carbons (Fsp3) is 0.429. The fourth-order valence-corrected chi connectivity index (χ4v) is 0.936. The predicted octanol–water partition coefficient (Wildman–Crippen LogP) is -0.581. The molecule has 4 nitrogen and oxygen atoms in total. The van der Waals surface area contributed by atoms with Crippen molar-refractivity contribution >= 4 is 11.8 Å². The molecule has 1 aliphatic carbocycles. The summed E-state index contributed by atoms with van der Waals surface area (Å²) in [6.07, 6.45) is 0.384. The van der Waals surface area contributed by atoms with Gasteiger partial charge in [0.1, 0.15) is 5.57 Å². The van der Waals surface area contributed by atoms with Gasteiger partial charge >= 0.3 is 5.97 Å². The highest BCUT2D eigenvalue weighted by atomic mass is 16.5. The van der Waals surface area contributed by atoms with Crippen LogP contribution in [0.1, 0.15) is 6.42 Å². The second kappa shape index (κ2) is 2.84. The highest BCUT2D eigenvalue weighted by Gasteiger charge is 2.27. The number of hydrogen-bond acceptors (Lipinski definition) is 4. The Kier molecular flexibility index (Phi) is 2.05. The van der Waals surface area contributed by atoms with Crippen molar-refractivity contribution < 1.29 is 19.4 Å². The van der Waals surface area contributed by atoms with E-state index in [-0.39, 0.29) is 17.8 Å². The molecule has 1 N–H and O–H groups in total. The summed E-state index contributed by atoms with van der Waals surface area (Å²) in [5.74, 6) is -1.03. The van der Waals surface area contributed by atoms with Gasteiger partial charge in [-0.05, 0) is 6.08 Å². The average Bonchev–Trinajstić information content (AvgIpc) is 2.28. The minimum absolute atomic E-state index is 0.00949. The molecular weight excluding hydrogens is 148 g/mol. The molecule has 0 amide bonds. The van der Waals surface area contributed by atoms with E-state index in [9.17, 15) is 9.59 Å². The summed E-state index contributed by atoms with van der Waals surface area (Å²) in [7, 11) is 1.20. The summed E-state index contributed by atoms with van der Waals surface area (Å²) < 4.78 is 4.31. The van der Waals surface area contributed by atoms with Crippen LogP contribution < -0.4 is 0 Å². The summed E-state index contributed by atoms with van der Waals surface area (Å²) in [6.45, 7) is 0. The number of aliphatic hydroxyl groups excluding tert-OH is 1. The van der Waals surface area contributed by atoms with Crippen LogP contribution in [0.2, 0.25) is 0 Å². The standard InChI is InChI=1S/C7H8O4/c1-11-7(10)5-2-4(8)3-6(5)9/h2,4,8H,3H2,1H3. The van der Waals surface area contributed by atoms with Crippen molar-refractivity contribution in [2.24, 2.45) is 0 Å². The highest BCUT2D eigenvalue weighted by Crippen LogP contribution is 2.15. The van der Waals surface area contributed by atoms with Crippen molar-refractivity contribution in [2.45, 2.75) is 12.5 Å². The van der Waals surface area contributed by atoms with Gasteiger partial charge in [-0.3, -0.25) is 4.79 Å². The van der Waals surface area contributed by atoms with Gasteiger partial charge in [-0.1, -0.05) is 0 Å². The Morgan fingerprint density at radius 3 is 2.82 bits per heavy atom. The first kappa shape index (κ1) is 7.94. The van der Waals surface area contributed by atoms with Crippen LogP contribution in [0.25, 0.3) is 0 Å². The fourth-order valence-electron chi connectivity index (χ4n) is 0.936. The Hall–Kier alpha value is -1.16. The number of ether oxygens (including phenoxy) is 1. The predicted molar refractivity (Wildman–Crippen MR) is 35.7 cm³/mol. The molecule has 0 aliphatic heterocycles. The van der Waals surface area contributed by atoms with Crippen molar-refractivity contribution in [1.29, 1.82) is 0 Å². The molecule has 0 aromatic carbocycles. The van der Waals surface area contributed by atoms with E-state index in [0.29, 0.717) is 0 Å². The molecule has 60 valence electrons. The highest BCUT2D eigenvalue weighted by molar-refractivity contribution is 6.19. The zero-order valence-electron chi connectivity index (χ0n) is 6.03. The van der Waals surface area contributed by atoms with Crippen LogP contribution in [0.3, 0.4) is 0 Å². The zero-order chi connectivity index (χ0) is 8.43. The number of carbonyl (C=O) groups is 2. The van der Waals surface area contributed by atoms with Crippen molar-refractivity contribution in [3.63, 3.8) is 0 Å². The van der Waals surface area contributed by atoms with Gasteiger partial charge in [0.2, 0.25) is 0 Å². The molecule has 0 heterocycles. The normalized spacial score (nSPS) is 23.3. The molecule has 0 aromatic heterocycles. The van der Waals surface area contributed by atoms with Gasteiger partial charge in [0, 0.05) is 6.42 Å². The lowest BCUT2D eigenvalue weighted by atomic mass is 10.2. The minimum atomic E-state index is -0.823. The maximum Gasteiger partial charge on any atom is 0.341 e. The number of aliphatic hydroxyl groups is 1. The summed E-state index contributed by atoms with van der Waals surface area (Å²) in [5, 5.41) is 8.91. The summed E-state index contributed by atoms with van der Waals surface area (Å²) >= 11 is 0. The maximum atomic E-state index is 10.9. The molecule has 1 aliphatic rings. The monoisotopic (exact) mass is 156 g/mol. The Balaban J connectivity index is 2.79. The third kappa shape index (κ3) is 1.46. The van der Waals surface area contributed by atoms with Crippen LogP contribution in [0.4, 0.5) is 0 Å². The van der Waals surface area contributed by atoms with Crippen LogP contribution >= 0.6 is 0 Å². The molecule has 0 saturated heterocycles. The summed E-state index contributed by atoms with van der Waals surface area (Å²) in [6, 6.07) is 0. The molecule has 0 fully saturated rings. The molecule has 0 bridgehead atoms. The first-order valence-electron chi connectivity index (χ1n) is 3.16. The van der Waals surface area contributed by atoms with Crippen molar-refractivity contribution in [1.82, 2.24) is 0 Å². The number of ketones is 1. The number of methoxy groups -OCH3 is 1. The van der Waals surface area contributed by atoms with Gasteiger partial charge in [-0.25, -0.2) is 4.79 Å². The molecule has 0 radical (unpaired) electrons. The lowest BCUT2D eigenvalue weighted by Gasteiger charge is -1.94. The first-order valence-corrected chi connectivity index (χ1v) is 3.16. The molecule has 0 spiro atoms. The lowest BCUT2D eigenvalue weighted by Crippen LogP contribution is -2.10. The number of hydrogen-bond donors (Lipinski definition) is 1. The van der Waals surface area contributed by atoms with E-state index in [1.54, 1.807) is 0 Å². The summed E-state index contributed by atoms with van der Waals surface area (Å²) in [5.41, 5.74) is -0.0417. The molecular formula is C7H8O4. The van der Waals surface area contributed by atoms with Crippen LogP contribution in [0, 0.1) is 0 Å². The topological polar surface area (TPSA) is 63.6 Å². The van der Waals surface area contributed by atoms with Gasteiger partial charge in [0.05, 0.1) is 13.2 Å². The number of carbonyl (C=O) groups excluding carboxylic acids is 2. The number of esters is 1. The largest absolute Gasteiger partial charge is 0.465 e. The van der Waals surface area contributed by atoms with Gasteiger partial charge in [-0.15, -0.1) is 0 Å². The van der Waals surface area contributed by atoms with Crippen molar-refractivity contribution in [2.75, 3.05) is 7.11 Å². The Labute approximate surface area is 63.5 Å². The van der Waals surface area contributed by atoms with Crippen molar-refractivity contribution in [3.05, 3.63) is 11.6 Å². The quantitative estimate of drug-likeness (QED) is 0.407. The Morgan fingerprint density at radius 2 is 2.45 bits per heavy atom. The third-order valence-corrected chi connectivity index (χ3v) is 1.46. The number of Topliss-reactive ketones (excluding diaryl/α,β-unsaturated/α-hetero) is 1. The van der Waals surface area contributed by atoms with E-state index >= 15 is 0 Å². The third-order valence-electron chi connectivity index (χ3n) is 1.46. The van der Waals surface area contributed by atoms with E-state index in [0.717, 1.165) is 0 Å². The second-order valence-electron chi connectivity index (χ2n) is 2.27. The Bertz CT molecular complexity index is 229. The molecule has 4 heteroatoms.